The van der Waals surface area contributed by atoms with Gasteiger partial charge < -0.3 is 19.4 Å². The zero-order valence-electron chi connectivity index (χ0n) is 18.8. The quantitative estimate of drug-likeness (QED) is 0.347. The van der Waals surface area contributed by atoms with Gasteiger partial charge in [0.05, 0.1) is 25.3 Å². The van der Waals surface area contributed by atoms with E-state index in [1.807, 2.05) is 65.2 Å². The number of nitrogens with zero attached hydrogens (tertiary/aromatic N) is 2. The second-order valence-electron chi connectivity index (χ2n) is 7.53. The molecular formula is C26H27N3O3S. The Morgan fingerprint density at radius 3 is 2.48 bits per heavy atom. The number of carbonyl (C=O) groups is 1. The van der Waals surface area contributed by atoms with E-state index in [4.69, 9.17) is 14.5 Å². The number of carbonyl (C=O) groups excluding carboxylic acids is 1. The molecule has 3 aromatic carbocycles. The number of para-hydroxylation sites is 2. The van der Waals surface area contributed by atoms with E-state index in [0.717, 1.165) is 27.5 Å². The molecule has 0 aliphatic rings. The second kappa shape index (κ2) is 10.9. The molecule has 0 aliphatic carbocycles. The molecule has 0 saturated heterocycles. The molecule has 0 fully saturated rings. The maximum absolute atomic E-state index is 12.8. The van der Waals surface area contributed by atoms with Crippen molar-refractivity contribution in [3.05, 3.63) is 83.9 Å². The van der Waals surface area contributed by atoms with Gasteiger partial charge >= 0.3 is 0 Å². The number of rotatable bonds is 10. The van der Waals surface area contributed by atoms with Crippen LogP contribution < -0.4 is 14.8 Å². The standard InChI is InChI=1S/C26H27N3O3S/c1-31-23-13-12-19(16-24(23)32-2)14-15-27-25(30)17-29-22-11-7-6-10-21(22)28-26(29)33-18-20-8-4-3-5-9-20/h3-13,16H,14-15,17-18H2,1-2H3,(H,27,30). The molecule has 0 aliphatic heterocycles. The van der Waals surface area contributed by atoms with E-state index in [-0.39, 0.29) is 12.5 Å². The van der Waals surface area contributed by atoms with Crippen LogP contribution >= 0.6 is 11.8 Å². The number of nitrogens with one attached hydrogen (secondary N) is 1. The molecule has 4 aromatic rings. The number of methoxy groups -OCH3 is 2. The maximum atomic E-state index is 12.8. The lowest BCUT2D eigenvalue weighted by molar-refractivity contribution is -0.121. The minimum Gasteiger partial charge on any atom is -0.493 e. The third-order valence-electron chi connectivity index (χ3n) is 5.32. The highest BCUT2D eigenvalue weighted by Crippen LogP contribution is 2.28. The summed E-state index contributed by atoms with van der Waals surface area (Å²) >= 11 is 1.64. The number of imidazole rings is 1. The summed E-state index contributed by atoms with van der Waals surface area (Å²) in [5, 5.41) is 3.88. The van der Waals surface area contributed by atoms with Crippen molar-refractivity contribution in [1.29, 1.82) is 0 Å². The summed E-state index contributed by atoms with van der Waals surface area (Å²) in [6.45, 7) is 0.761. The van der Waals surface area contributed by atoms with Gasteiger partial charge in [0.1, 0.15) is 6.54 Å². The van der Waals surface area contributed by atoms with Gasteiger partial charge in [-0.2, -0.15) is 0 Å². The van der Waals surface area contributed by atoms with Gasteiger partial charge in [-0.3, -0.25) is 4.79 Å². The van der Waals surface area contributed by atoms with Crippen LogP contribution in [0.1, 0.15) is 11.1 Å². The lowest BCUT2D eigenvalue weighted by atomic mass is 10.1. The van der Waals surface area contributed by atoms with Crippen molar-refractivity contribution in [2.75, 3.05) is 20.8 Å². The predicted molar refractivity (Wildman–Crippen MR) is 132 cm³/mol. The Bertz CT molecular complexity index is 1220. The highest BCUT2D eigenvalue weighted by atomic mass is 32.2. The molecule has 0 spiro atoms. The first-order valence-corrected chi connectivity index (χ1v) is 11.8. The number of benzene rings is 3. The van der Waals surface area contributed by atoms with E-state index >= 15 is 0 Å². The van der Waals surface area contributed by atoms with E-state index in [1.165, 1.54) is 5.56 Å². The van der Waals surface area contributed by atoms with Crippen LogP contribution in [-0.4, -0.2) is 36.2 Å². The molecule has 1 amide bonds. The van der Waals surface area contributed by atoms with Crippen molar-refractivity contribution in [2.45, 2.75) is 23.9 Å². The molecule has 0 saturated carbocycles. The normalized spacial score (nSPS) is 10.8. The summed E-state index contributed by atoms with van der Waals surface area (Å²) in [6, 6.07) is 24.0. The molecule has 1 N–H and O–H groups in total. The van der Waals surface area contributed by atoms with Crippen LogP contribution in [0.2, 0.25) is 0 Å². The molecule has 0 radical (unpaired) electrons. The van der Waals surface area contributed by atoms with Crippen LogP contribution in [-0.2, 0) is 23.5 Å². The van der Waals surface area contributed by atoms with Gasteiger partial charge in [-0.05, 0) is 41.8 Å². The first-order valence-electron chi connectivity index (χ1n) is 10.8. The zero-order valence-corrected chi connectivity index (χ0v) is 19.6. The number of ether oxygens (including phenoxy) is 2. The minimum absolute atomic E-state index is 0.0415. The van der Waals surface area contributed by atoms with Crippen LogP contribution in [0.3, 0.4) is 0 Å². The SMILES string of the molecule is COc1ccc(CCNC(=O)Cn2c(SCc3ccccc3)nc3ccccc32)cc1OC. The van der Waals surface area contributed by atoms with E-state index in [9.17, 15) is 4.79 Å². The van der Waals surface area contributed by atoms with E-state index < -0.39 is 0 Å². The fourth-order valence-corrected chi connectivity index (χ4v) is 4.59. The third kappa shape index (κ3) is 5.68. The Morgan fingerprint density at radius 1 is 0.939 bits per heavy atom. The Morgan fingerprint density at radius 2 is 1.70 bits per heavy atom. The third-order valence-corrected chi connectivity index (χ3v) is 6.36. The average molecular weight is 462 g/mol. The molecule has 7 heteroatoms. The number of amides is 1. The summed E-state index contributed by atoms with van der Waals surface area (Å²) < 4.78 is 12.6. The molecule has 0 bridgehead atoms. The summed E-state index contributed by atoms with van der Waals surface area (Å²) in [5.41, 5.74) is 4.15. The van der Waals surface area contributed by atoms with E-state index in [1.54, 1.807) is 26.0 Å². The first-order chi connectivity index (χ1) is 16.2. The van der Waals surface area contributed by atoms with Gasteiger partial charge in [-0.15, -0.1) is 0 Å². The average Bonchev–Trinajstić information content (AvgIpc) is 3.20. The lowest BCUT2D eigenvalue weighted by Gasteiger charge is -2.11. The van der Waals surface area contributed by atoms with Crippen LogP contribution in [0.5, 0.6) is 11.5 Å². The Labute approximate surface area is 197 Å². The van der Waals surface area contributed by atoms with E-state index in [0.29, 0.717) is 24.5 Å². The molecule has 33 heavy (non-hydrogen) atoms. The fourth-order valence-electron chi connectivity index (χ4n) is 3.62. The number of thioether (sulfide) groups is 1. The first kappa shape index (κ1) is 22.7. The fraction of sp³-hybridized carbons (Fsp3) is 0.231. The Kier molecular flexibility index (Phi) is 7.52. The van der Waals surface area contributed by atoms with Crippen molar-refractivity contribution < 1.29 is 14.3 Å². The van der Waals surface area contributed by atoms with Crippen LogP contribution in [0.25, 0.3) is 11.0 Å². The van der Waals surface area contributed by atoms with Gasteiger partial charge in [0.2, 0.25) is 5.91 Å². The van der Waals surface area contributed by atoms with E-state index in [2.05, 4.69) is 17.4 Å². The summed E-state index contributed by atoms with van der Waals surface area (Å²) in [6.07, 6.45) is 0.701. The summed E-state index contributed by atoms with van der Waals surface area (Å²) in [5.74, 6) is 2.13. The molecule has 4 rings (SSSR count). The van der Waals surface area contributed by atoms with Crippen molar-refractivity contribution in [2.24, 2.45) is 0 Å². The van der Waals surface area contributed by atoms with Gasteiger partial charge in [0.15, 0.2) is 16.7 Å². The van der Waals surface area contributed by atoms with Crippen LogP contribution in [0, 0.1) is 0 Å². The highest BCUT2D eigenvalue weighted by molar-refractivity contribution is 7.98. The Hall–Kier alpha value is -3.45. The van der Waals surface area contributed by atoms with Crippen LogP contribution in [0.15, 0.2) is 78.0 Å². The molecule has 1 aromatic heterocycles. The Balaban J connectivity index is 1.40. The smallest absolute Gasteiger partial charge is 0.240 e. The van der Waals surface area contributed by atoms with Crippen molar-refractivity contribution in [3.63, 3.8) is 0 Å². The minimum atomic E-state index is -0.0415. The molecule has 170 valence electrons. The van der Waals surface area contributed by atoms with Gasteiger partial charge in [-0.25, -0.2) is 4.98 Å². The largest absolute Gasteiger partial charge is 0.493 e. The van der Waals surface area contributed by atoms with Crippen molar-refractivity contribution in [1.82, 2.24) is 14.9 Å². The number of hydrogen-bond donors (Lipinski definition) is 1. The van der Waals surface area contributed by atoms with Crippen molar-refractivity contribution in [3.8, 4) is 11.5 Å². The molecule has 6 nitrogen and oxygen atoms in total. The number of hydrogen-bond acceptors (Lipinski definition) is 5. The molecular weight excluding hydrogens is 434 g/mol. The monoisotopic (exact) mass is 461 g/mol. The lowest BCUT2D eigenvalue weighted by Crippen LogP contribution is -2.29. The highest BCUT2D eigenvalue weighted by Gasteiger charge is 2.14. The summed E-state index contributed by atoms with van der Waals surface area (Å²) in [7, 11) is 3.23. The topological polar surface area (TPSA) is 65.4 Å². The molecule has 0 unspecified atom stereocenters. The molecule has 1 heterocycles. The maximum Gasteiger partial charge on any atom is 0.240 e. The second-order valence-corrected chi connectivity index (χ2v) is 8.48. The van der Waals surface area contributed by atoms with Gasteiger partial charge in [0, 0.05) is 12.3 Å². The number of aromatic nitrogens is 2. The predicted octanol–water partition coefficient (Wildman–Crippen LogP) is 4.70. The van der Waals surface area contributed by atoms with Gasteiger partial charge in [-0.1, -0.05) is 60.3 Å². The van der Waals surface area contributed by atoms with Crippen molar-refractivity contribution >= 4 is 28.7 Å². The molecule has 0 atom stereocenters. The number of fused-ring (bicyclic) bond motifs is 1. The van der Waals surface area contributed by atoms with Gasteiger partial charge in [0.25, 0.3) is 0 Å². The van der Waals surface area contributed by atoms with Crippen LogP contribution in [0.4, 0.5) is 0 Å². The summed E-state index contributed by atoms with van der Waals surface area (Å²) in [4.78, 5) is 17.5. The zero-order chi connectivity index (χ0) is 23.0.